The van der Waals surface area contributed by atoms with Crippen LogP contribution in [-0.2, 0) is 7.05 Å². The zero-order valence-corrected chi connectivity index (χ0v) is 18.4. The van der Waals surface area contributed by atoms with Crippen LogP contribution in [0.1, 0.15) is 13.8 Å². The number of ether oxygens (including phenoxy) is 1. The highest BCUT2D eigenvalue weighted by molar-refractivity contribution is 5.86. The maximum absolute atomic E-state index is 12.7. The summed E-state index contributed by atoms with van der Waals surface area (Å²) < 4.78 is 7.51. The normalized spacial score (nSPS) is 14.5. The highest BCUT2D eigenvalue weighted by atomic mass is 16.5. The van der Waals surface area contributed by atoms with Crippen molar-refractivity contribution in [2.45, 2.75) is 20.0 Å². The second-order valence-electron chi connectivity index (χ2n) is 8.19. The predicted octanol–water partition coefficient (Wildman–Crippen LogP) is 2.39. The minimum atomic E-state index is -0.0537. The van der Waals surface area contributed by atoms with Crippen molar-refractivity contribution in [1.82, 2.24) is 24.5 Å². The van der Waals surface area contributed by atoms with E-state index in [9.17, 15) is 4.79 Å². The summed E-state index contributed by atoms with van der Waals surface area (Å²) in [4.78, 5) is 34.7. The number of hydrogen-bond acceptors (Lipinski definition) is 8. The van der Waals surface area contributed by atoms with Crippen LogP contribution in [0.25, 0.3) is 21.8 Å². The van der Waals surface area contributed by atoms with E-state index in [4.69, 9.17) is 9.72 Å². The van der Waals surface area contributed by atoms with Gasteiger partial charge in [-0.25, -0.2) is 15.0 Å². The molecule has 0 radical (unpaired) electrons. The van der Waals surface area contributed by atoms with Crippen LogP contribution in [0.3, 0.4) is 0 Å². The molecule has 0 aliphatic carbocycles. The fourth-order valence-electron chi connectivity index (χ4n) is 4.09. The number of benzene rings is 1. The molecule has 0 saturated carbocycles. The van der Waals surface area contributed by atoms with Crippen molar-refractivity contribution in [2.75, 3.05) is 36.0 Å². The molecule has 3 aromatic heterocycles. The van der Waals surface area contributed by atoms with E-state index in [2.05, 4.69) is 36.9 Å². The van der Waals surface area contributed by atoms with Gasteiger partial charge < -0.3 is 14.5 Å². The van der Waals surface area contributed by atoms with Gasteiger partial charge in [-0.3, -0.25) is 14.3 Å². The topological polar surface area (TPSA) is 89.3 Å². The molecule has 4 heterocycles. The lowest BCUT2D eigenvalue weighted by Crippen LogP contribution is -2.48. The second kappa shape index (κ2) is 8.07. The van der Waals surface area contributed by atoms with Gasteiger partial charge in [-0.05, 0) is 38.1 Å². The van der Waals surface area contributed by atoms with E-state index in [1.165, 1.54) is 6.33 Å². The molecule has 32 heavy (non-hydrogen) atoms. The average molecular weight is 432 g/mol. The zero-order valence-electron chi connectivity index (χ0n) is 18.4. The summed E-state index contributed by atoms with van der Waals surface area (Å²) in [6, 6.07) is 7.90. The highest BCUT2D eigenvalue weighted by Crippen LogP contribution is 2.28. The molecule has 1 fully saturated rings. The van der Waals surface area contributed by atoms with Gasteiger partial charge in [0.05, 0.1) is 34.1 Å². The Bertz CT molecular complexity index is 1340. The van der Waals surface area contributed by atoms with Crippen molar-refractivity contribution >= 4 is 33.4 Å². The number of nitrogens with zero attached hydrogens (tertiary/aromatic N) is 7. The molecule has 164 valence electrons. The Labute approximate surface area is 185 Å². The lowest BCUT2D eigenvalue weighted by atomic mass is 10.2. The van der Waals surface area contributed by atoms with Crippen LogP contribution >= 0.6 is 0 Å². The molecule has 0 bridgehead atoms. The van der Waals surface area contributed by atoms with E-state index in [-0.39, 0.29) is 11.7 Å². The van der Waals surface area contributed by atoms with Gasteiger partial charge in [0.1, 0.15) is 6.33 Å². The van der Waals surface area contributed by atoms with Crippen LogP contribution in [-0.4, -0.2) is 56.8 Å². The smallest absolute Gasteiger partial charge is 0.262 e. The first-order valence-electron chi connectivity index (χ1n) is 10.7. The maximum Gasteiger partial charge on any atom is 0.262 e. The van der Waals surface area contributed by atoms with Crippen molar-refractivity contribution < 1.29 is 4.74 Å². The fourth-order valence-corrected chi connectivity index (χ4v) is 4.09. The Morgan fingerprint density at radius 2 is 1.75 bits per heavy atom. The number of piperazine rings is 1. The molecular weight excluding hydrogens is 406 g/mol. The number of fused-ring (bicyclic) bond motifs is 2. The van der Waals surface area contributed by atoms with Crippen molar-refractivity contribution in [1.29, 1.82) is 0 Å². The second-order valence-corrected chi connectivity index (χ2v) is 8.19. The Morgan fingerprint density at radius 1 is 0.969 bits per heavy atom. The van der Waals surface area contributed by atoms with Crippen LogP contribution < -0.4 is 20.1 Å². The van der Waals surface area contributed by atoms with Crippen LogP contribution in [0.2, 0.25) is 0 Å². The molecule has 1 saturated heterocycles. The third kappa shape index (κ3) is 3.59. The molecule has 0 N–H and O–H groups in total. The van der Waals surface area contributed by atoms with Gasteiger partial charge in [0.25, 0.3) is 5.56 Å². The van der Waals surface area contributed by atoms with Gasteiger partial charge in [-0.15, -0.1) is 0 Å². The van der Waals surface area contributed by atoms with E-state index in [1.807, 2.05) is 19.9 Å². The maximum atomic E-state index is 12.7. The van der Waals surface area contributed by atoms with Gasteiger partial charge in [0.2, 0.25) is 11.8 Å². The molecule has 1 aliphatic rings. The summed E-state index contributed by atoms with van der Waals surface area (Å²) >= 11 is 0. The molecule has 9 nitrogen and oxygen atoms in total. The Balaban J connectivity index is 1.39. The van der Waals surface area contributed by atoms with Gasteiger partial charge in [-0.1, -0.05) is 0 Å². The van der Waals surface area contributed by atoms with E-state index in [0.29, 0.717) is 22.7 Å². The van der Waals surface area contributed by atoms with Gasteiger partial charge in [0, 0.05) is 45.1 Å². The van der Waals surface area contributed by atoms with E-state index >= 15 is 0 Å². The van der Waals surface area contributed by atoms with Gasteiger partial charge in [0.15, 0.2) is 0 Å². The summed E-state index contributed by atoms with van der Waals surface area (Å²) in [7, 11) is 1.77. The fraction of sp³-hybridized carbons (Fsp3) is 0.348. The largest absolute Gasteiger partial charge is 0.474 e. The number of hydrogen-bond donors (Lipinski definition) is 0. The molecule has 0 amide bonds. The molecule has 1 aliphatic heterocycles. The first-order chi connectivity index (χ1) is 15.5. The quantitative estimate of drug-likeness (QED) is 0.487. The lowest BCUT2D eigenvalue weighted by molar-refractivity contribution is 0.235. The van der Waals surface area contributed by atoms with Crippen LogP contribution in [0.4, 0.5) is 11.6 Å². The summed E-state index contributed by atoms with van der Waals surface area (Å²) in [5.41, 5.74) is 2.54. The van der Waals surface area contributed by atoms with Crippen LogP contribution in [0, 0.1) is 0 Å². The van der Waals surface area contributed by atoms with Gasteiger partial charge >= 0.3 is 0 Å². The van der Waals surface area contributed by atoms with Gasteiger partial charge in [-0.2, -0.15) is 0 Å². The van der Waals surface area contributed by atoms with Crippen molar-refractivity contribution in [3.63, 3.8) is 0 Å². The van der Waals surface area contributed by atoms with E-state index < -0.39 is 0 Å². The Hall–Kier alpha value is -3.75. The molecule has 5 rings (SSSR count). The molecule has 1 aromatic carbocycles. The molecule has 4 aromatic rings. The third-order valence-electron chi connectivity index (χ3n) is 5.71. The Morgan fingerprint density at radius 3 is 2.53 bits per heavy atom. The van der Waals surface area contributed by atoms with E-state index in [0.717, 1.165) is 42.8 Å². The summed E-state index contributed by atoms with van der Waals surface area (Å²) in [5.74, 6) is 1.28. The number of rotatable bonds is 4. The standard InChI is InChI=1S/C23H25N7O2/c1-15(2)32-21-18-12-16(4-5-19(18)25-14-26-21)29-8-10-30(11-9-29)23-27-20-13-24-7-6-17(20)22(31)28(23)3/h4-7,12-15H,8-11H2,1-3H3. The summed E-state index contributed by atoms with van der Waals surface area (Å²) in [5, 5.41) is 1.50. The lowest BCUT2D eigenvalue weighted by Gasteiger charge is -2.37. The monoisotopic (exact) mass is 431 g/mol. The highest BCUT2D eigenvalue weighted by Gasteiger charge is 2.22. The minimum absolute atomic E-state index is 0.0385. The SMILES string of the molecule is CC(C)Oc1ncnc2ccc(N3CCN(c4nc5cnccc5c(=O)n4C)CC3)cc12. The summed E-state index contributed by atoms with van der Waals surface area (Å²) in [6.45, 7) is 7.10. The number of anilines is 2. The third-order valence-corrected chi connectivity index (χ3v) is 5.71. The van der Waals surface area contributed by atoms with Crippen LogP contribution in [0.5, 0.6) is 5.88 Å². The first-order valence-corrected chi connectivity index (χ1v) is 10.7. The number of pyridine rings is 1. The van der Waals surface area contributed by atoms with Crippen LogP contribution in [0.15, 0.2) is 47.8 Å². The first kappa shape index (κ1) is 20.2. The van der Waals surface area contributed by atoms with Crippen molar-refractivity contribution in [2.24, 2.45) is 7.05 Å². The average Bonchev–Trinajstić information content (AvgIpc) is 2.81. The minimum Gasteiger partial charge on any atom is -0.474 e. The molecular formula is C23H25N7O2. The predicted molar refractivity (Wildman–Crippen MR) is 125 cm³/mol. The van der Waals surface area contributed by atoms with Crippen molar-refractivity contribution in [3.05, 3.63) is 53.3 Å². The zero-order chi connectivity index (χ0) is 22.2. The summed E-state index contributed by atoms with van der Waals surface area (Å²) in [6.07, 6.45) is 4.84. The molecule has 0 unspecified atom stereocenters. The Kier molecular flexibility index (Phi) is 5.08. The molecule has 9 heteroatoms. The van der Waals surface area contributed by atoms with Crippen molar-refractivity contribution in [3.8, 4) is 5.88 Å². The molecule has 0 atom stereocenters. The van der Waals surface area contributed by atoms with E-state index in [1.54, 1.807) is 30.1 Å². The molecule has 0 spiro atoms. The number of aromatic nitrogens is 5.